The van der Waals surface area contributed by atoms with Crippen LogP contribution in [0.5, 0.6) is 0 Å². The fourth-order valence-electron chi connectivity index (χ4n) is 4.90. The zero-order valence-corrected chi connectivity index (χ0v) is 31.4. The highest BCUT2D eigenvalue weighted by atomic mass is 31.2. The smallest absolute Gasteiger partial charge is 0.472 e. The molecule has 49 heavy (non-hydrogen) atoms. The molecule has 0 saturated carbocycles. The molecule has 0 aromatic carbocycles. The van der Waals surface area contributed by atoms with Gasteiger partial charge in [0.05, 0.1) is 13.2 Å². The molecular weight excluding hydrogens is 649 g/mol. The van der Waals surface area contributed by atoms with Crippen molar-refractivity contribution < 1.29 is 47.5 Å². The molecule has 0 saturated heterocycles. The van der Waals surface area contributed by atoms with E-state index in [-0.39, 0.29) is 19.4 Å². The fourth-order valence-corrected chi connectivity index (χ4v) is 5.68. The Morgan fingerprint density at radius 3 is 1.65 bits per heavy atom. The molecule has 0 fully saturated rings. The lowest BCUT2D eigenvalue weighted by Gasteiger charge is -2.20. The number of allylic oxidation sites excluding steroid dienone is 4. The molecule has 4 N–H and O–H groups in total. The van der Waals surface area contributed by atoms with E-state index >= 15 is 0 Å². The average Bonchev–Trinajstić information content (AvgIpc) is 3.07. The third-order valence-corrected chi connectivity index (χ3v) is 8.90. The van der Waals surface area contributed by atoms with Gasteiger partial charge in [0, 0.05) is 12.8 Å². The van der Waals surface area contributed by atoms with Crippen LogP contribution in [0, 0.1) is 0 Å². The molecule has 0 rings (SSSR count). The zero-order valence-electron chi connectivity index (χ0n) is 30.5. The number of nitrogens with two attached hydrogens (primary N) is 1. The molecule has 3 atom stereocenters. The molecular formula is C37H68NO10P. The van der Waals surface area contributed by atoms with Crippen molar-refractivity contribution >= 4 is 25.7 Å². The molecule has 0 radical (unpaired) electrons. The first kappa shape index (κ1) is 47.0. The molecule has 0 heterocycles. The Morgan fingerprint density at radius 2 is 1.10 bits per heavy atom. The molecule has 11 nitrogen and oxygen atoms in total. The first-order chi connectivity index (χ1) is 23.6. The van der Waals surface area contributed by atoms with Crippen LogP contribution in [0.15, 0.2) is 24.3 Å². The number of carbonyl (C=O) groups excluding carboxylic acids is 2. The van der Waals surface area contributed by atoms with Crippen LogP contribution in [0.4, 0.5) is 0 Å². The summed E-state index contributed by atoms with van der Waals surface area (Å²) in [5.74, 6) is -2.40. The molecule has 0 amide bonds. The van der Waals surface area contributed by atoms with Gasteiger partial charge in [-0.05, 0) is 38.5 Å². The first-order valence-corrected chi connectivity index (χ1v) is 20.4. The van der Waals surface area contributed by atoms with Gasteiger partial charge in [-0.1, -0.05) is 134 Å². The Labute approximate surface area is 296 Å². The number of carboxylic acid groups (broad SMARTS) is 1. The SMILES string of the molecule is CCCC/C=C\C/C=C\CCCCCCCC(=O)OC[C@H](COP(=O)(O)OC[C@H](N)C(=O)O)OC(=O)CCCCCCCCCCCCC. The molecule has 12 heteroatoms. The van der Waals surface area contributed by atoms with Gasteiger partial charge in [0.25, 0.3) is 0 Å². The van der Waals surface area contributed by atoms with Crippen molar-refractivity contribution in [1.82, 2.24) is 0 Å². The second-order valence-corrected chi connectivity index (χ2v) is 14.2. The van der Waals surface area contributed by atoms with E-state index in [0.717, 1.165) is 64.2 Å². The molecule has 0 aromatic rings. The Bertz CT molecular complexity index is 942. The highest BCUT2D eigenvalue weighted by Crippen LogP contribution is 2.43. The lowest BCUT2D eigenvalue weighted by molar-refractivity contribution is -0.161. The Balaban J connectivity index is 4.46. The molecule has 0 aliphatic heterocycles. The summed E-state index contributed by atoms with van der Waals surface area (Å²) in [6.07, 6.45) is 31.0. The van der Waals surface area contributed by atoms with Crippen molar-refractivity contribution in [2.45, 2.75) is 174 Å². The van der Waals surface area contributed by atoms with Crippen molar-refractivity contribution in [3.63, 3.8) is 0 Å². The number of hydrogen-bond acceptors (Lipinski definition) is 9. The van der Waals surface area contributed by atoms with Crippen molar-refractivity contribution in [1.29, 1.82) is 0 Å². The Kier molecular flexibility index (Phi) is 31.7. The van der Waals surface area contributed by atoms with Gasteiger partial charge in [-0.2, -0.15) is 0 Å². The number of ether oxygens (including phenoxy) is 2. The molecule has 0 spiro atoms. The van der Waals surface area contributed by atoms with E-state index in [1.54, 1.807) is 0 Å². The number of esters is 2. The minimum Gasteiger partial charge on any atom is -0.480 e. The topological polar surface area (TPSA) is 172 Å². The third kappa shape index (κ3) is 32.9. The largest absolute Gasteiger partial charge is 0.480 e. The number of phosphoric ester groups is 1. The van der Waals surface area contributed by atoms with Gasteiger partial charge in [-0.25, -0.2) is 4.57 Å². The highest BCUT2D eigenvalue weighted by Gasteiger charge is 2.28. The summed E-state index contributed by atoms with van der Waals surface area (Å²) in [6.45, 7) is 2.72. The van der Waals surface area contributed by atoms with Gasteiger partial charge in [-0.3, -0.25) is 23.4 Å². The van der Waals surface area contributed by atoms with Crippen molar-refractivity contribution in [3.05, 3.63) is 24.3 Å². The maximum absolute atomic E-state index is 12.5. The molecule has 286 valence electrons. The third-order valence-electron chi connectivity index (χ3n) is 7.95. The number of carboxylic acids is 1. The van der Waals surface area contributed by atoms with Gasteiger partial charge < -0.3 is 25.2 Å². The molecule has 1 unspecified atom stereocenters. The van der Waals surface area contributed by atoms with E-state index in [0.29, 0.717) is 12.8 Å². The normalized spacial score (nSPS) is 14.2. The molecule has 0 bridgehead atoms. The van der Waals surface area contributed by atoms with E-state index in [1.807, 2.05) is 0 Å². The van der Waals surface area contributed by atoms with Crippen LogP contribution in [-0.4, -0.2) is 59.9 Å². The second kappa shape index (κ2) is 33.1. The predicted molar refractivity (Wildman–Crippen MR) is 194 cm³/mol. The first-order valence-electron chi connectivity index (χ1n) is 18.9. The minimum absolute atomic E-state index is 0.161. The van der Waals surface area contributed by atoms with E-state index < -0.39 is 51.1 Å². The zero-order chi connectivity index (χ0) is 36.4. The van der Waals surface area contributed by atoms with Crippen LogP contribution in [0.2, 0.25) is 0 Å². The quantitative estimate of drug-likeness (QED) is 0.0247. The van der Waals surface area contributed by atoms with Crippen LogP contribution in [-0.2, 0) is 37.5 Å². The highest BCUT2D eigenvalue weighted by molar-refractivity contribution is 7.47. The van der Waals surface area contributed by atoms with E-state index in [1.165, 1.54) is 57.8 Å². The van der Waals surface area contributed by atoms with Gasteiger partial charge in [0.1, 0.15) is 12.6 Å². The Hall–Kier alpha value is -2.04. The number of carbonyl (C=O) groups is 3. The standard InChI is InChI=1S/C37H68NO10P/c1-3-5-7-9-11-13-15-16-17-19-20-22-24-26-28-35(39)45-30-33(31-46-49(43,44)47-32-34(38)37(41)42)48-36(40)29-27-25-23-21-18-14-12-10-8-6-4-2/h9,11,15-16,33-34H,3-8,10,12-14,17-32,38H2,1-2H3,(H,41,42)(H,43,44)/b11-9-,16-15-/t33-,34+/m1/s1. The lowest BCUT2D eigenvalue weighted by atomic mass is 10.1. The van der Waals surface area contributed by atoms with Crippen molar-refractivity contribution in [2.75, 3.05) is 19.8 Å². The number of aliphatic carboxylic acids is 1. The van der Waals surface area contributed by atoms with Crippen LogP contribution in [0.25, 0.3) is 0 Å². The van der Waals surface area contributed by atoms with Crippen LogP contribution < -0.4 is 5.73 Å². The average molecular weight is 718 g/mol. The van der Waals surface area contributed by atoms with E-state index in [2.05, 4.69) is 42.7 Å². The fraction of sp³-hybridized carbons (Fsp3) is 0.811. The van der Waals surface area contributed by atoms with Crippen molar-refractivity contribution in [2.24, 2.45) is 5.73 Å². The lowest BCUT2D eigenvalue weighted by Crippen LogP contribution is -2.34. The number of hydrogen-bond donors (Lipinski definition) is 3. The minimum atomic E-state index is -4.71. The maximum Gasteiger partial charge on any atom is 0.472 e. The van der Waals surface area contributed by atoms with Crippen LogP contribution in [0.3, 0.4) is 0 Å². The van der Waals surface area contributed by atoms with Crippen molar-refractivity contribution in [3.8, 4) is 0 Å². The van der Waals surface area contributed by atoms with E-state index in [4.69, 9.17) is 24.8 Å². The monoisotopic (exact) mass is 717 g/mol. The predicted octanol–water partition coefficient (Wildman–Crippen LogP) is 9.11. The number of phosphoric acid groups is 1. The summed E-state index contributed by atoms with van der Waals surface area (Å²) in [6, 6.07) is -1.52. The van der Waals surface area contributed by atoms with Gasteiger partial charge in [-0.15, -0.1) is 0 Å². The summed E-state index contributed by atoms with van der Waals surface area (Å²) in [4.78, 5) is 45.7. The number of unbranched alkanes of at least 4 members (excludes halogenated alkanes) is 17. The van der Waals surface area contributed by atoms with E-state index in [9.17, 15) is 23.8 Å². The summed E-state index contributed by atoms with van der Waals surface area (Å²) >= 11 is 0. The Morgan fingerprint density at radius 1 is 0.633 bits per heavy atom. The van der Waals surface area contributed by atoms with Gasteiger partial charge >= 0.3 is 25.7 Å². The summed E-state index contributed by atoms with van der Waals surface area (Å²) < 4.78 is 32.5. The van der Waals surface area contributed by atoms with Crippen LogP contribution in [0.1, 0.15) is 162 Å². The molecule has 0 aliphatic carbocycles. The van der Waals surface area contributed by atoms with Gasteiger partial charge in [0.2, 0.25) is 0 Å². The van der Waals surface area contributed by atoms with Gasteiger partial charge in [0.15, 0.2) is 6.10 Å². The second-order valence-electron chi connectivity index (χ2n) is 12.7. The summed E-state index contributed by atoms with van der Waals surface area (Å²) in [7, 11) is -4.71. The summed E-state index contributed by atoms with van der Waals surface area (Å²) in [5, 5.41) is 8.85. The maximum atomic E-state index is 12.5. The van der Waals surface area contributed by atoms with Crippen LogP contribution >= 0.6 is 7.82 Å². The molecule has 0 aromatic heterocycles. The number of rotatable bonds is 35. The molecule has 0 aliphatic rings. The summed E-state index contributed by atoms with van der Waals surface area (Å²) in [5.41, 5.74) is 5.31.